The lowest BCUT2D eigenvalue weighted by Crippen LogP contribution is -2.18. The first-order valence-corrected chi connectivity index (χ1v) is 9.22. The zero-order chi connectivity index (χ0) is 19.7. The summed E-state index contributed by atoms with van der Waals surface area (Å²) in [6.45, 7) is 0. The van der Waals surface area contributed by atoms with Crippen LogP contribution in [0.2, 0.25) is 5.02 Å². The Balaban J connectivity index is 1.89. The minimum Gasteiger partial charge on any atom is -0.366 e. The maximum atomic E-state index is 12.3. The number of carbonyl (C=O) groups excluding carboxylic acids is 2. The fourth-order valence-corrected chi connectivity index (χ4v) is 3.20. The molecule has 0 aliphatic heterocycles. The Morgan fingerprint density at radius 3 is 2.46 bits per heavy atom. The van der Waals surface area contributed by atoms with E-state index in [9.17, 15) is 9.59 Å². The minimum atomic E-state index is -0.606. The van der Waals surface area contributed by atoms with Crippen molar-refractivity contribution in [3.8, 4) is 22.3 Å². The van der Waals surface area contributed by atoms with Gasteiger partial charge in [0, 0.05) is 40.7 Å². The van der Waals surface area contributed by atoms with Crippen LogP contribution in [0.1, 0.15) is 23.2 Å². The Kier molecular flexibility index (Phi) is 4.79. The van der Waals surface area contributed by atoms with Crippen LogP contribution in [-0.4, -0.2) is 21.8 Å². The fourth-order valence-electron chi connectivity index (χ4n) is 3.07. The molecule has 7 heteroatoms. The number of amides is 2. The summed E-state index contributed by atoms with van der Waals surface area (Å²) in [5.74, 6) is -0.412. The number of carbonyl (C=O) groups is 2. The molecule has 3 N–H and O–H groups in total. The molecule has 0 radical (unpaired) electrons. The summed E-state index contributed by atoms with van der Waals surface area (Å²) < 4.78 is 0. The molecule has 1 aromatic carbocycles. The van der Waals surface area contributed by atoms with E-state index in [0.29, 0.717) is 22.0 Å². The summed E-state index contributed by atoms with van der Waals surface area (Å²) in [7, 11) is 0. The van der Waals surface area contributed by atoms with Gasteiger partial charge in [0.25, 0.3) is 0 Å². The van der Waals surface area contributed by atoms with Crippen LogP contribution in [0, 0.1) is 5.92 Å². The highest BCUT2D eigenvalue weighted by atomic mass is 35.5. The Labute approximate surface area is 166 Å². The van der Waals surface area contributed by atoms with Crippen molar-refractivity contribution in [3.05, 3.63) is 65.6 Å². The zero-order valence-corrected chi connectivity index (χ0v) is 15.6. The molecule has 1 saturated carbocycles. The van der Waals surface area contributed by atoms with Crippen molar-refractivity contribution in [2.75, 3.05) is 5.32 Å². The molecule has 1 fully saturated rings. The van der Waals surface area contributed by atoms with Gasteiger partial charge in [-0.3, -0.25) is 14.6 Å². The molecule has 3 aromatic rings. The molecule has 6 nitrogen and oxygen atoms in total. The number of anilines is 1. The van der Waals surface area contributed by atoms with Crippen molar-refractivity contribution in [1.29, 1.82) is 0 Å². The summed E-state index contributed by atoms with van der Waals surface area (Å²) in [6.07, 6.45) is 6.49. The van der Waals surface area contributed by atoms with E-state index in [-0.39, 0.29) is 17.4 Å². The second-order valence-electron chi connectivity index (χ2n) is 6.64. The molecule has 0 spiro atoms. The third-order valence-corrected chi connectivity index (χ3v) is 4.90. The summed E-state index contributed by atoms with van der Waals surface area (Å²) in [5.41, 5.74) is 8.71. The summed E-state index contributed by atoms with van der Waals surface area (Å²) in [6, 6.07) is 10.7. The van der Waals surface area contributed by atoms with E-state index in [2.05, 4.69) is 15.3 Å². The number of nitrogens with two attached hydrogens (primary N) is 1. The van der Waals surface area contributed by atoms with Gasteiger partial charge in [-0.25, -0.2) is 4.98 Å². The van der Waals surface area contributed by atoms with E-state index < -0.39 is 5.91 Å². The predicted molar refractivity (Wildman–Crippen MR) is 108 cm³/mol. The van der Waals surface area contributed by atoms with Crippen molar-refractivity contribution < 1.29 is 9.59 Å². The van der Waals surface area contributed by atoms with Gasteiger partial charge in [-0.15, -0.1) is 0 Å². The van der Waals surface area contributed by atoms with E-state index in [4.69, 9.17) is 17.3 Å². The molecule has 2 amide bonds. The highest BCUT2D eigenvalue weighted by Crippen LogP contribution is 2.38. The molecule has 4 rings (SSSR count). The Morgan fingerprint density at radius 2 is 1.79 bits per heavy atom. The number of rotatable bonds is 5. The monoisotopic (exact) mass is 392 g/mol. The first-order chi connectivity index (χ1) is 13.5. The molecule has 0 bridgehead atoms. The normalized spacial score (nSPS) is 13.2. The van der Waals surface area contributed by atoms with Crippen molar-refractivity contribution in [2.24, 2.45) is 11.7 Å². The first kappa shape index (κ1) is 18.1. The number of nitrogens with zero attached hydrogens (tertiary/aromatic N) is 2. The highest BCUT2D eigenvalue weighted by Gasteiger charge is 2.31. The standard InChI is InChI=1S/C21H17ClN4O2/c22-14-5-3-12(4-6-14)15-7-9-24-11-17(15)18-16(19(23)27)8-10-25-20(18)26-21(28)13-1-2-13/h3-11,13H,1-2H2,(H2,23,27)(H,25,26,28). The highest BCUT2D eigenvalue weighted by molar-refractivity contribution is 6.30. The zero-order valence-electron chi connectivity index (χ0n) is 14.9. The van der Waals surface area contributed by atoms with Gasteiger partial charge in [-0.2, -0.15) is 0 Å². The molecule has 28 heavy (non-hydrogen) atoms. The molecule has 1 aliphatic carbocycles. The van der Waals surface area contributed by atoms with Crippen LogP contribution in [0.15, 0.2) is 55.0 Å². The molecule has 2 aromatic heterocycles. The average molecular weight is 393 g/mol. The number of aromatic nitrogens is 2. The van der Waals surface area contributed by atoms with Crippen molar-refractivity contribution >= 4 is 29.2 Å². The second kappa shape index (κ2) is 7.40. The maximum Gasteiger partial charge on any atom is 0.249 e. The van der Waals surface area contributed by atoms with Gasteiger partial charge in [0.05, 0.1) is 5.56 Å². The van der Waals surface area contributed by atoms with Gasteiger partial charge in [-0.1, -0.05) is 23.7 Å². The Morgan fingerprint density at radius 1 is 1.04 bits per heavy atom. The molecule has 0 saturated heterocycles. The summed E-state index contributed by atoms with van der Waals surface area (Å²) in [5, 5.41) is 3.47. The van der Waals surface area contributed by atoms with Crippen LogP contribution in [0.4, 0.5) is 5.82 Å². The van der Waals surface area contributed by atoms with Gasteiger partial charge in [0.1, 0.15) is 5.82 Å². The van der Waals surface area contributed by atoms with E-state index in [1.165, 1.54) is 6.20 Å². The van der Waals surface area contributed by atoms with Crippen LogP contribution in [0.25, 0.3) is 22.3 Å². The lowest BCUT2D eigenvalue weighted by atomic mass is 9.93. The van der Waals surface area contributed by atoms with E-state index in [1.54, 1.807) is 30.6 Å². The number of benzene rings is 1. The topological polar surface area (TPSA) is 98.0 Å². The molecule has 1 aliphatic rings. The SMILES string of the molecule is NC(=O)c1ccnc(NC(=O)C2CC2)c1-c1cnccc1-c1ccc(Cl)cc1. The minimum absolute atomic E-state index is 0.00322. The van der Waals surface area contributed by atoms with E-state index in [0.717, 1.165) is 24.0 Å². The number of hydrogen-bond donors (Lipinski definition) is 2. The summed E-state index contributed by atoms with van der Waals surface area (Å²) in [4.78, 5) is 33.0. The molecule has 0 unspecified atom stereocenters. The fraction of sp³-hybridized carbons (Fsp3) is 0.143. The van der Waals surface area contributed by atoms with Crippen LogP contribution in [0.3, 0.4) is 0 Å². The van der Waals surface area contributed by atoms with Crippen LogP contribution < -0.4 is 11.1 Å². The molecular weight excluding hydrogens is 376 g/mol. The summed E-state index contributed by atoms with van der Waals surface area (Å²) >= 11 is 6.01. The van der Waals surface area contributed by atoms with E-state index in [1.807, 2.05) is 18.2 Å². The Bertz CT molecular complexity index is 1060. The van der Waals surface area contributed by atoms with Gasteiger partial charge < -0.3 is 11.1 Å². The van der Waals surface area contributed by atoms with Crippen molar-refractivity contribution in [3.63, 3.8) is 0 Å². The van der Waals surface area contributed by atoms with Crippen LogP contribution >= 0.6 is 11.6 Å². The lowest BCUT2D eigenvalue weighted by molar-refractivity contribution is -0.117. The number of nitrogens with one attached hydrogen (secondary N) is 1. The largest absolute Gasteiger partial charge is 0.366 e. The third-order valence-electron chi connectivity index (χ3n) is 4.65. The van der Waals surface area contributed by atoms with E-state index >= 15 is 0 Å². The second-order valence-corrected chi connectivity index (χ2v) is 7.07. The van der Waals surface area contributed by atoms with Gasteiger partial charge in [0.15, 0.2) is 0 Å². The third kappa shape index (κ3) is 3.59. The molecule has 0 atom stereocenters. The number of pyridine rings is 2. The smallest absolute Gasteiger partial charge is 0.249 e. The maximum absolute atomic E-state index is 12.3. The van der Waals surface area contributed by atoms with Crippen LogP contribution in [-0.2, 0) is 4.79 Å². The lowest BCUT2D eigenvalue weighted by Gasteiger charge is -2.16. The van der Waals surface area contributed by atoms with Gasteiger partial charge in [-0.05, 0) is 48.2 Å². The molecule has 2 heterocycles. The quantitative estimate of drug-likeness (QED) is 0.687. The number of primary amides is 1. The van der Waals surface area contributed by atoms with Crippen molar-refractivity contribution in [1.82, 2.24) is 9.97 Å². The molecule has 140 valence electrons. The van der Waals surface area contributed by atoms with Gasteiger partial charge >= 0.3 is 0 Å². The predicted octanol–water partition coefficient (Wildman–Crippen LogP) is 3.91. The van der Waals surface area contributed by atoms with Crippen LogP contribution in [0.5, 0.6) is 0 Å². The number of hydrogen-bond acceptors (Lipinski definition) is 4. The Hall–Kier alpha value is -3.25. The first-order valence-electron chi connectivity index (χ1n) is 8.84. The van der Waals surface area contributed by atoms with Crippen molar-refractivity contribution in [2.45, 2.75) is 12.8 Å². The average Bonchev–Trinajstić information content (AvgIpc) is 3.54. The van der Waals surface area contributed by atoms with Gasteiger partial charge in [0.2, 0.25) is 11.8 Å². The number of halogens is 1. The molecular formula is C21H17ClN4O2.